The van der Waals surface area contributed by atoms with Crippen LogP contribution in [0, 0.1) is 12.8 Å². The van der Waals surface area contributed by atoms with E-state index in [1.165, 1.54) is 6.42 Å². The lowest BCUT2D eigenvalue weighted by Gasteiger charge is -2.14. The lowest BCUT2D eigenvalue weighted by molar-refractivity contribution is -0.116. The third kappa shape index (κ3) is 4.11. The number of anilines is 1. The summed E-state index contributed by atoms with van der Waals surface area (Å²) in [5, 5.41) is 6.29. The highest BCUT2D eigenvalue weighted by Crippen LogP contribution is 2.33. The van der Waals surface area contributed by atoms with Gasteiger partial charge in [0.25, 0.3) is 0 Å². The predicted octanol–water partition coefficient (Wildman–Crippen LogP) is 2.34. The van der Waals surface area contributed by atoms with Crippen molar-refractivity contribution in [2.24, 2.45) is 5.92 Å². The van der Waals surface area contributed by atoms with Crippen LogP contribution in [0.5, 0.6) is 11.5 Å². The van der Waals surface area contributed by atoms with E-state index in [4.69, 9.17) is 9.47 Å². The first kappa shape index (κ1) is 15.6. The molecule has 1 atom stereocenters. The summed E-state index contributed by atoms with van der Waals surface area (Å²) in [6.07, 6.45) is 2.66. The zero-order valence-corrected chi connectivity index (χ0v) is 13.0. The Kier molecular flexibility index (Phi) is 5.44. The van der Waals surface area contributed by atoms with E-state index in [-0.39, 0.29) is 5.91 Å². The van der Waals surface area contributed by atoms with Gasteiger partial charge in [0.1, 0.15) is 0 Å². The molecule has 1 aliphatic heterocycles. The number of hydrogen-bond donors (Lipinski definition) is 2. The zero-order valence-electron chi connectivity index (χ0n) is 13.0. The summed E-state index contributed by atoms with van der Waals surface area (Å²) in [4.78, 5) is 12.1. The Labute approximate surface area is 126 Å². The molecule has 5 nitrogen and oxygen atoms in total. The Morgan fingerprint density at radius 1 is 1.33 bits per heavy atom. The number of aryl methyl sites for hydroxylation is 1. The largest absolute Gasteiger partial charge is 0.493 e. The van der Waals surface area contributed by atoms with Crippen LogP contribution in [0.25, 0.3) is 0 Å². The number of benzene rings is 1. The van der Waals surface area contributed by atoms with Crippen molar-refractivity contribution in [1.82, 2.24) is 5.32 Å². The highest BCUT2D eigenvalue weighted by atomic mass is 16.5. The molecule has 116 valence electrons. The van der Waals surface area contributed by atoms with Crippen molar-refractivity contribution in [1.29, 1.82) is 0 Å². The van der Waals surface area contributed by atoms with Crippen LogP contribution in [0.2, 0.25) is 0 Å². The number of hydrogen-bond acceptors (Lipinski definition) is 4. The van der Waals surface area contributed by atoms with Crippen molar-refractivity contribution in [3.63, 3.8) is 0 Å². The van der Waals surface area contributed by atoms with Crippen LogP contribution in [-0.4, -0.2) is 33.2 Å². The van der Waals surface area contributed by atoms with Crippen LogP contribution >= 0.6 is 0 Å². The maximum Gasteiger partial charge on any atom is 0.224 e. The number of carbonyl (C=O) groups is 1. The van der Waals surface area contributed by atoms with Crippen LogP contribution < -0.4 is 20.1 Å². The molecule has 0 radical (unpaired) electrons. The van der Waals surface area contributed by atoms with Crippen LogP contribution in [0.4, 0.5) is 5.69 Å². The van der Waals surface area contributed by atoms with Crippen molar-refractivity contribution < 1.29 is 14.3 Å². The molecule has 1 heterocycles. The number of rotatable bonds is 6. The maximum atomic E-state index is 12.1. The number of methoxy groups -OCH3 is 2. The third-order valence-electron chi connectivity index (χ3n) is 3.95. The molecule has 1 aromatic rings. The summed E-state index contributed by atoms with van der Waals surface area (Å²) in [5.74, 6) is 1.97. The summed E-state index contributed by atoms with van der Waals surface area (Å²) < 4.78 is 10.5. The second-order valence-electron chi connectivity index (χ2n) is 5.47. The van der Waals surface area contributed by atoms with Crippen LogP contribution in [0.1, 0.15) is 24.8 Å². The maximum absolute atomic E-state index is 12.1. The Morgan fingerprint density at radius 2 is 2.05 bits per heavy atom. The lowest BCUT2D eigenvalue weighted by atomic mass is 10.0. The van der Waals surface area contributed by atoms with E-state index < -0.39 is 0 Å². The van der Waals surface area contributed by atoms with Gasteiger partial charge in [-0.2, -0.15) is 0 Å². The molecule has 2 rings (SSSR count). The van der Waals surface area contributed by atoms with Crippen molar-refractivity contribution in [2.45, 2.75) is 26.2 Å². The summed E-state index contributed by atoms with van der Waals surface area (Å²) in [6, 6.07) is 3.68. The van der Waals surface area contributed by atoms with Gasteiger partial charge in [-0.05, 0) is 50.4 Å². The molecule has 0 spiro atoms. The SMILES string of the molecule is COc1cc(C)c(NC(=O)CCC2CCNC2)cc1OC. The van der Waals surface area contributed by atoms with E-state index in [1.54, 1.807) is 14.2 Å². The Bertz CT molecular complexity index is 497. The molecule has 0 bridgehead atoms. The van der Waals surface area contributed by atoms with Crippen LogP contribution in [0.15, 0.2) is 12.1 Å². The quantitative estimate of drug-likeness (QED) is 0.845. The molecular formula is C16H24N2O3. The molecule has 0 aromatic heterocycles. The third-order valence-corrected chi connectivity index (χ3v) is 3.95. The number of nitrogens with one attached hydrogen (secondary N) is 2. The molecule has 0 saturated carbocycles. The van der Waals surface area contributed by atoms with Gasteiger partial charge in [-0.25, -0.2) is 0 Å². The second kappa shape index (κ2) is 7.31. The predicted molar refractivity (Wildman–Crippen MR) is 83.1 cm³/mol. The topological polar surface area (TPSA) is 59.6 Å². The highest BCUT2D eigenvalue weighted by Gasteiger charge is 2.16. The monoisotopic (exact) mass is 292 g/mol. The van der Waals surface area contributed by atoms with Gasteiger partial charge < -0.3 is 20.1 Å². The standard InChI is InChI=1S/C16H24N2O3/c1-11-8-14(20-2)15(21-3)9-13(11)18-16(19)5-4-12-6-7-17-10-12/h8-9,12,17H,4-7,10H2,1-3H3,(H,18,19). The smallest absolute Gasteiger partial charge is 0.224 e. The molecule has 1 saturated heterocycles. The minimum absolute atomic E-state index is 0.0530. The molecule has 5 heteroatoms. The fourth-order valence-electron chi connectivity index (χ4n) is 2.62. The van der Waals surface area contributed by atoms with E-state index in [0.717, 1.165) is 30.8 Å². The normalized spacial score (nSPS) is 17.6. The number of ether oxygens (including phenoxy) is 2. The van der Waals surface area contributed by atoms with E-state index in [9.17, 15) is 4.79 Å². The van der Waals surface area contributed by atoms with Crippen molar-refractivity contribution in [3.8, 4) is 11.5 Å². The molecule has 1 fully saturated rings. The summed E-state index contributed by atoms with van der Waals surface area (Å²) in [7, 11) is 3.19. The van der Waals surface area contributed by atoms with Crippen LogP contribution in [0.3, 0.4) is 0 Å². The minimum atomic E-state index is 0.0530. The van der Waals surface area contributed by atoms with E-state index in [2.05, 4.69) is 10.6 Å². The molecule has 21 heavy (non-hydrogen) atoms. The molecule has 1 aromatic carbocycles. The zero-order chi connectivity index (χ0) is 15.2. The fourth-order valence-corrected chi connectivity index (χ4v) is 2.62. The van der Waals surface area contributed by atoms with E-state index in [1.807, 2.05) is 19.1 Å². The van der Waals surface area contributed by atoms with Crippen molar-refractivity contribution >= 4 is 11.6 Å². The van der Waals surface area contributed by atoms with E-state index in [0.29, 0.717) is 23.8 Å². The van der Waals surface area contributed by atoms with Gasteiger partial charge in [-0.3, -0.25) is 4.79 Å². The van der Waals surface area contributed by atoms with Gasteiger partial charge >= 0.3 is 0 Å². The second-order valence-corrected chi connectivity index (χ2v) is 5.47. The summed E-state index contributed by atoms with van der Waals surface area (Å²) >= 11 is 0. The average molecular weight is 292 g/mol. The number of carbonyl (C=O) groups excluding carboxylic acids is 1. The lowest BCUT2D eigenvalue weighted by Crippen LogP contribution is -2.15. The Balaban J connectivity index is 1.96. The molecular weight excluding hydrogens is 268 g/mol. The molecule has 1 unspecified atom stereocenters. The van der Waals surface area contributed by atoms with Gasteiger partial charge in [0.15, 0.2) is 11.5 Å². The first-order chi connectivity index (χ1) is 10.1. The van der Waals surface area contributed by atoms with E-state index >= 15 is 0 Å². The first-order valence-corrected chi connectivity index (χ1v) is 7.37. The minimum Gasteiger partial charge on any atom is -0.493 e. The summed E-state index contributed by atoms with van der Waals surface area (Å²) in [5.41, 5.74) is 1.74. The molecule has 1 amide bonds. The van der Waals surface area contributed by atoms with Gasteiger partial charge in [-0.1, -0.05) is 0 Å². The molecule has 0 aliphatic carbocycles. The molecule has 2 N–H and O–H groups in total. The first-order valence-electron chi connectivity index (χ1n) is 7.37. The highest BCUT2D eigenvalue weighted by molar-refractivity contribution is 5.92. The van der Waals surface area contributed by atoms with Crippen molar-refractivity contribution in [2.75, 3.05) is 32.6 Å². The van der Waals surface area contributed by atoms with Gasteiger partial charge in [0.2, 0.25) is 5.91 Å². The number of amides is 1. The van der Waals surface area contributed by atoms with Crippen LogP contribution in [-0.2, 0) is 4.79 Å². The van der Waals surface area contributed by atoms with Gasteiger partial charge in [0.05, 0.1) is 14.2 Å². The summed E-state index contributed by atoms with van der Waals surface area (Å²) in [6.45, 7) is 4.04. The Hall–Kier alpha value is -1.75. The van der Waals surface area contributed by atoms with Gasteiger partial charge in [0, 0.05) is 18.2 Å². The Morgan fingerprint density at radius 3 is 2.67 bits per heavy atom. The molecule has 1 aliphatic rings. The average Bonchev–Trinajstić information content (AvgIpc) is 3.00. The van der Waals surface area contributed by atoms with Gasteiger partial charge in [-0.15, -0.1) is 0 Å². The van der Waals surface area contributed by atoms with Crippen molar-refractivity contribution in [3.05, 3.63) is 17.7 Å². The fraction of sp³-hybridized carbons (Fsp3) is 0.562.